The van der Waals surface area contributed by atoms with Crippen molar-refractivity contribution in [1.82, 2.24) is 5.32 Å². The third-order valence-electron chi connectivity index (χ3n) is 2.49. The van der Waals surface area contributed by atoms with Crippen LogP contribution in [0.15, 0.2) is 18.2 Å². The lowest BCUT2D eigenvalue weighted by atomic mass is 10.1. The van der Waals surface area contributed by atoms with Crippen molar-refractivity contribution in [2.75, 3.05) is 20.8 Å². The lowest BCUT2D eigenvalue weighted by Gasteiger charge is -2.16. The minimum absolute atomic E-state index is 0.0353. The Hall–Kier alpha value is -1.96. The quantitative estimate of drug-likeness (QED) is 0.860. The van der Waals surface area contributed by atoms with Crippen molar-refractivity contribution >= 4 is 5.91 Å². The van der Waals surface area contributed by atoms with E-state index in [-0.39, 0.29) is 17.1 Å². The highest BCUT2D eigenvalue weighted by molar-refractivity contribution is 5.99. The largest absolute Gasteiger partial charge is 0.496 e. The van der Waals surface area contributed by atoms with Gasteiger partial charge in [-0.05, 0) is 12.1 Å². The van der Waals surface area contributed by atoms with Gasteiger partial charge in [-0.2, -0.15) is 13.2 Å². The van der Waals surface area contributed by atoms with Crippen molar-refractivity contribution in [3.8, 4) is 11.5 Å². The molecule has 0 fully saturated rings. The van der Waals surface area contributed by atoms with Gasteiger partial charge in [-0.3, -0.25) is 4.79 Å². The third kappa shape index (κ3) is 3.77. The number of aliphatic hydroxyl groups is 1. The smallest absolute Gasteiger partial charge is 0.416 e. The summed E-state index contributed by atoms with van der Waals surface area (Å²) in [5.41, 5.74) is -0.0353. The van der Waals surface area contributed by atoms with Gasteiger partial charge in [0.1, 0.15) is 17.1 Å². The van der Waals surface area contributed by atoms with E-state index < -0.39 is 24.7 Å². The van der Waals surface area contributed by atoms with E-state index >= 15 is 0 Å². The molecular weight excluding hydrogens is 279 g/mol. The summed E-state index contributed by atoms with van der Waals surface area (Å²) in [6.07, 6.45) is -7.43. The number of alkyl halides is 3. The van der Waals surface area contributed by atoms with Crippen LogP contribution in [0.25, 0.3) is 0 Å². The Morgan fingerprint density at radius 3 is 2.20 bits per heavy atom. The Morgan fingerprint density at radius 1 is 1.30 bits per heavy atom. The molecule has 20 heavy (non-hydrogen) atoms. The average molecular weight is 293 g/mol. The van der Waals surface area contributed by atoms with E-state index in [1.54, 1.807) is 6.07 Å². The lowest BCUT2D eigenvalue weighted by molar-refractivity contribution is -0.201. The molecule has 1 aromatic carbocycles. The fourth-order valence-electron chi connectivity index (χ4n) is 1.47. The van der Waals surface area contributed by atoms with Crippen LogP contribution in [-0.2, 0) is 0 Å². The zero-order valence-electron chi connectivity index (χ0n) is 10.8. The number of amides is 1. The summed E-state index contributed by atoms with van der Waals surface area (Å²) in [6, 6.07) is 4.51. The summed E-state index contributed by atoms with van der Waals surface area (Å²) in [7, 11) is 2.63. The van der Waals surface area contributed by atoms with Crippen molar-refractivity contribution in [2.24, 2.45) is 0 Å². The molecule has 1 amide bonds. The van der Waals surface area contributed by atoms with Crippen molar-refractivity contribution in [1.29, 1.82) is 0 Å². The van der Waals surface area contributed by atoms with Gasteiger partial charge in [-0.25, -0.2) is 0 Å². The van der Waals surface area contributed by atoms with Gasteiger partial charge in [0, 0.05) is 0 Å². The summed E-state index contributed by atoms with van der Waals surface area (Å²) in [5.74, 6) is -0.519. The van der Waals surface area contributed by atoms with Crippen LogP contribution in [0.3, 0.4) is 0 Å². The minimum Gasteiger partial charge on any atom is -0.496 e. The van der Waals surface area contributed by atoms with E-state index in [0.29, 0.717) is 0 Å². The number of aliphatic hydroxyl groups excluding tert-OH is 1. The van der Waals surface area contributed by atoms with E-state index in [1.807, 2.05) is 5.32 Å². The first-order valence-electron chi connectivity index (χ1n) is 5.55. The number of hydrogen-bond acceptors (Lipinski definition) is 4. The SMILES string of the molecule is COc1cccc(OC)c1C(=O)NCC(O)C(F)(F)F. The second kappa shape index (κ2) is 6.47. The predicted octanol–water partition coefficient (Wildman–Crippen LogP) is 1.36. The van der Waals surface area contributed by atoms with Gasteiger partial charge >= 0.3 is 6.18 Å². The number of rotatable bonds is 5. The molecular formula is C12H14F3NO4. The molecule has 1 unspecified atom stereocenters. The maximum absolute atomic E-state index is 12.1. The molecule has 1 atom stereocenters. The Morgan fingerprint density at radius 2 is 1.80 bits per heavy atom. The molecule has 0 saturated heterocycles. The van der Waals surface area contributed by atoms with E-state index in [1.165, 1.54) is 26.4 Å². The van der Waals surface area contributed by atoms with Crippen LogP contribution in [-0.4, -0.2) is 44.1 Å². The number of carbonyl (C=O) groups excluding carboxylic acids is 1. The van der Waals surface area contributed by atoms with Crippen LogP contribution >= 0.6 is 0 Å². The lowest BCUT2D eigenvalue weighted by Crippen LogP contribution is -2.40. The van der Waals surface area contributed by atoms with Gasteiger partial charge in [0.25, 0.3) is 5.91 Å². The molecule has 0 aliphatic carbocycles. The van der Waals surface area contributed by atoms with Gasteiger partial charge < -0.3 is 19.9 Å². The number of carbonyl (C=O) groups is 1. The summed E-state index contributed by atoms with van der Waals surface area (Å²) in [5, 5.41) is 10.8. The molecule has 0 aliphatic rings. The van der Waals surface area contributed by atoms with Crippen molar-refractivity contribution in [3.63, 3.8) is 0 Å². The van der Waals surface area contributed by atoms with E-state index in [9.17, 15) is 18.0 Å². The van der Waals surface area contributed by atoms with Crippen LogP contribution in [0.2, 0.25) is 0 Å². The monoisotopic (exact) mass is 293 g/mol. The number of ether oxygens (including phenoxy) is 2. The fraction of sp³-hybridized carbons (Fsp3) is 0.417. The van der Waals surface area contributed by atoms with Gasteiger partial charge in [0.05, 0.1) is 20.8 Å². The maximum Gasteiger partial charge on any atom is 0.416 e. The van der Waals surface area contributed by atoms with Crippen molar-refractivity contribution in [2.45, 2.75) is 12.3 Å². The zero-order valence-corrected chi connectivity index (χ0v) is 10.8. The number of halogens is 3. The Balaban J connectivity index is 2.87. The number of methoxy groups -OCH3 is 2. The molecule has 1 aromatic rings. The second-order valence-corrected chi connectivity index (χ2v) is 3.80. The van der Waals surface area contributed by atoms with Crippen molar-refractivity contribution < 1.29 is 32.5 Å². The van der Waals surface area contributed by atoms with E-state index in [2.05, 4.69) is 0 Å². The van der Waals surface area contributed by atoms with Gasteiger partial charge in [0.2, 0.25) is 0 Å². The summed E-state index contributed by atoms with van der Waals surface area (Å²) < 4.78 is 46.3. The first kappa shape index (κ1) is 16.1. The first-order chi connectivity index (χ1) is 9.31. The maximum atomic E-state index is 12.1. The molecule has 1 rings (SSSR count). The first-order valence-corrected chi connectivity index (χ1v) is 5.55. The molecule has 5 nitrogen and oxygen atoms in total. The number of hydrogen-bond donors (Lipinski definition) is 2. The summed E-state index contributed by atoms with van der Waals surface area (Å²) in [6.45, 7) is -0.955. The number of benzene rings is 1. The molecule has 112 valence electrons. The third-order valence-corrected chi connectivity index (χ3v) is 2.49. The molecule has 0 aromatic heterocycles. The van der Waals surface area contributed by atoms with Gasteiger partial charge in [-0.1, -0.05) is 6.07 Å². The normalized spacial score (nSPS) is 12.7. The van der Waals surface area contributed by atoms with Crippen LogP contribution in [0, 0.1) is 0 Å². The van der Waals surface area contributed by atoms with Crippen LogP contribution in [0.4, 0.5) is 13.2 Å². The van der Waals surface area contributed by atoms with Crippen LogP contribution in [0.5, 0.6) is 11.5 Å². The summed E-state index contributed by atoms with van der Waals surface area (Å²) in [4.78, 5) is 11.9. The zero-order chi connectivity index (χ0) is 15.3. The average Bonchev–Trinajstić information content (AvgIpc) is 2.42. The fourth-order valence-corrected chi connectivity index (χ4v) is 1.47. The minimum atomic E-state index is -4.79. The predicted molar refractivity (Wildman–Crippen MR) is 63.9 cm³/mol. The molecule has 0 saturated carbocycles. The highest BCUT2D eigenvalue weighted by atomic mass is 19.4. The highest BCUT2D eigenvalue weighted by Crippen LogP contribution is 2.28. The number of nitrogens with one attached hydrogen (secondary N) is 1. The highest BCUT2D eigenvalue weighted by Gasteiger charge is 2.38. The Labute approximate surface area is 113 Å². The van der Waals surface area contributed by atoms with E-state index in [4.69, 9.17) is 14.6 Å². The Kier molecular flexibility index (Phi) is 5.20. The molecule has 0 aliphatic heterocycles. The summed E-state index contributed by atoms with van der Waals surface area (Å²) >= 11 is 0. The van der Waals surface area contributed by atoms with Gasteiger partial charge in [-0.15, -0.1) is 0 Å². The molecule has 2 N–H and O–H groups in total. The topological polar surface area (TPSA) is 67.8 Å². The van der Waals surface area contributed by atoms with Gasteiger partial charge in [0.15, 0.2) is 6.10 Å². The van der Waals surface area contributed by atoms with Crippen LogP contribution in [0.1, 0.15) is 10.4 Å². The van der Waals surface area contributed by atoms with Crippen LogP contribution < -0.4 is 14.8 Å². The molecule has 0 spiro atoms. The molecule has 0 radical (unpaired) electrons. The van der Waals surface area contributed by atoms with E-state index in [0.717, 1.165) is 0 Å². The molecule has 0 heterocycles. The Bertz CT molecular complexity index is 454. The standard InChI is InChI=1S/C12H14F3NO4/c1-19-7-4-3-5-8(20-2)10(7)11(18)16-6-9(17)12(13,14)15/h3-5,9,17H,6H2,1-2H3,(H,16,18). The molecule has 8 heteroatoms. The molecule has 0 bridgehead atoms. The second-order valence-electron chi connectivity index (χ2n) is 3.80. The van der Waals surface area contributed by atoms with Crippen molar-refractivity contribution in [3.05, 3.63) is 23.8 Å².